The second kappa shape index (κ2) is 12.2. The smallest absolute Gasteiger partial charge is 0.256 e. The Labute approximate surface area is 219 Å². The molecule has 0 aromatic heterocycles. The molecule has 3 N–H and O–H groups in total. The van der Waals surface area contributed by atoms with Gasteiger partial charge in [-0.25, -0.2) is 0 Å². The molecular weight excluding hydrogens is 494 g/mol. The SMILES string of the molecule is Cc1ccc(C(=O)Nc2c(C)cc(Cl)c(C(N)=O)c2P(C(C)C)C(C)C)c(P(C(C)C)C(C)C)c1. The second-order valence-corrected chi connectivity index (χ2v) is 17.4. The van der Waals surface area contributed by atoms with Crippen LogP contribution >= 0.6 is 27.4 Å². The average molecular weight is 535 g/mol. The molecule has 0 saturated heterocycles. The first-order valence-electron chi connectivity index (χ1n) is 12.3. The minimum absolute atomic E-state index is 0.154. The number of nitrogens with two attached hydrogens (primary N) is 1. The third-order valence-electron chi connectivity index (χ3n) is 6.09. The monoisotopic (exact) mass is 534 g/mol. The minimum Gasteiger partial charge on any atom is -0.366 e. The van der Waals surface area contributed by atoms with Gasteiger partial charge >= 0.3 is 0 Å². The zero-order chi connectivity index (χ0) is 26.8. The number of carbonyl (C=O) groups is 2. The van der Waals surface area contributed by atoms with Gasteiger partial charge in [0, 0.05) is 10.9 Å². The van der Waals surface area contributed by atoms with E-state index >= 15 is 0 Å². The van der Waals surface area contributed by atoms with Crippen LogP contribution in [0.25, 0.3) is 0 Å². The molecular formula is C28H41ClN2O2P2. The van der Waals surface area contributed by atoms with Crippen molar-refractivity contribution in [2.75, 3.05) is 5.32 Å². The zero-order valence-corrected chi connectivity index (χ0v) is 25.3. The number of anilines is 1. The van der Waals surface area contributed by atoms with Gasteiger partial charge in [0.2, 0.25) is 0 Å². The number of nitrogens with one attached hydrogen (secondary N) is 1. The van der Waals surface area contributed by atoms with Crippen LogP contribution in [0.1, 0.15) is 87.2 Å². The summed E-state index contributed by atoms with van der Waals surface area (Å²) in [4.78, 5) is 26.5. The standard InChI is InChI=1S/C28H41ClN2O2P2/c1-15(2)34(16(3)4)23-13-19(9)11-12-21(23)28(33)31-25-20(10)14-22(29)24(27(30)32)26(25)35(17(5)6)18(7)8/h11-18H,1-10H3,(H2,30,32)(H,31,33). The number of hydrogen-bond acceptors (Lipinski definition) is 2. The number of rotatable bonds is 9. The summed E-state index contributed by atoms with van der Waals surface area (Å²) in [7, 11) is -1.36. The van der Waals surface area contributed by atoms with Gasteiger partial charge in [-0.15, -0.1) is 0 Å². The van der Waals surface area contributed by atoms with Crippen LogP contribution in [0.3, 0.4) is 0 Å². The van der Waals surface area contributed by atoms with Crippen molar-refractivity contribution in [3.63, 3.8) is 0 Å². The van der Waals surface area contributed by atoms with Crippen molar-refractivity contribution in [3.05, 3.63) is 51.5 Å². The van der Waals surface area contributed by atoms with Crippen LogP contribution < -0.4 is 21.7 Å². The van der Waals surface area contributed by atoms with Crippen molar-refractivity contribution in [1.29, 1.82) is 0 Å². The van der Waals surface area contributed by atoms with Crippen LogP contribution in [-0.4, -0.2) is 34.5 Å². The zero-order valence-electron chi connectivity index (χ0n) is 22.8. The van der Waals surface area contributed by atoms with Gasteiger partial charge in [0.05, 0.1) is 16.3 Å². The average Bonchev–Trinajstić information content (AvgIpc) is 2.69. The summed E-state index contributed by atoms with van der Waals surface area (Å²) in [5.41, 5.74) is 11.0. The lowest BCUT2D eigenvalue weighted by Crippen LogP contribution is -2.32. The Balaban J connectivity index is 2.77. The van der Waals surface area contributed by atoms with Crippen molar-refractivity contribution in [1.82, 2.24) is 0 Å². The summed E-state index contributed by atoms with van der Waals surface area (Å²) >= 11 is 6.56. The van der Waals surface area contributed by atoms with Crippen LogP contribution in [-0.2, 0) is 0 Å². The number of primary amides is 1. The highest BCUT2D eigenvalue weighted by Gasteiger charge is 2.31. The molecule has 2 aromatic rings. The van der Waals surface area contributed by atoms with Gasteiger partial charge in [0.1, 0.15) is 0 Å². The lowest BCUT2D eigenvalue weighted by Gasteiger charge is -2.32. The molecule has 0 aliphatic heterocycles. The van der Waals surface area contributed by atoms with Crippen molar-refractivity contribution in [3.8, 4) is 0 Å². The van der Waals surface area contributed by atoms with E-state index in [1.54, 1.807) is 6.07 Å². The van der Waals surface area contributed by atoms with E-state index in [1.165, 1.54) is 0 Å². The largest absolute Gasteiger partial charge is 0.366 e. The van der Waals surface area contributed by atoms with E-state index in [0.29, 0.717) is 33.2 Å². The molecule has 7 heteroatoms. The van der Waals surface area contributed by atoms with Crippen LogP contribution in [0.5, 0.6) is 0 Å². The molecule has 0 fully saturated rings. The molecule has 35 heavy (non-hydrogen) atoms. The summed E-state index contributed by atoms with van der Waals surface area (Å²) in [6.07, 6.45) is 0. The highest BCUT2D eigenvalue weighted by atomic mass is 35.5. The molecule has 0 saturated carbocycles. The molecule has 0 spiro atoms. The first-order chi connectivity index (χ1) is 16.2. The predicted octanol–water partition coefficient (Wildman–Crippen LogP) is 7.16. The van der Waals surface area contributed by atoms with E-state index in [4.69, 9.17) is 17.3 Å². The molecule has 0 bridgehead atoms. The number of hydrogen-bond donors (Lipinski definition) is 2. The molecule has 2 aromatic carbocycles. The first-order valence-corrected chi connectivity index (χ1v) is 15.6. The van der Waals surface area contributed by atoms with Crippen LogP contribution in [0.15, 0.2) is 24.3 Å². The van der Waals surface area contributed by atoms with Gasteiger partial charge in [-0.3, -0.25) is 9.59 Å². The van der Waals surface area contributed by atoms with Gasteiger partial charge in [-0.05, 0) is 59.5 Å². The Morgan fingerprint density at radius 3 is 1.83 bits per heavy atom. The number of benzene rings is 2. The van der Waals surface area contributed by atoms with Gasteiger partial charge in [0.15, 0.2) is 0 Å². The highest BCUT2D eigenvalue weighted by molar-refractivity contribution is 7.67. The quantitative estimate of drug-likeness (QED) is 0.335. The third kappa shape index (κ3) is 6.65. The third-order valence-corrected chi connectivity index (χ3v) is 12.7. The fourth-order valence-corrected chi connectivity index (χ4v) is 11.6. The normalized spacial score (nSPS) is 12.0. The van der Waals surface area contributed by atoms with Gasteiger partial charge in [-0.1, -0.05) is 101 Å². The fraction of sp³-hybridized carbons (Fsp3) is 0.500. The molecule has 0 radical (unpaired) electrons. The Kier molecular flexibility index (Phi) is 10.4. The number of halogens is 1. The van der Waals surface area contributed by atoms with Crippen LogP contribution in [0.4, 0.5) is 5.69 Å². The Hall–Kier alpha value is -1.47. The molecule has 0 unspecified atom stereocenters. The molecule has 0 aliphatic rings. The van der Waals surface area contributed by atoms with Gasteiger partial charge < -0.3 is 11.1 Å². The highest BCUT2D eigenvalue weighted by Crippen LogP contribution is 2.49. The van der Waals surface area contributed by atoms with Crippen molar-refractivity contribution in [2.24, 2.45) is 5.73 Å². The minimum atomic E-state index is -0.821. The molecule has 2 amide bonds. The maximum Gasteiger partial charge on any atom is 0.256 e. The van der Waals surface area contributed by atoms with Crippen molar-refractivity contribution < 1.29 is 9.59 Å². The second-order valence-electron chi connectivity index (χ2n) is 10.3. The molecule has 0 aliphatic carbocycles. The molecule has 0 atom stereocenters. The Bertz CT molecular complexity index is 1080. The summed E-state index contributed by atoms with van der Waals surface area (Å²) in [6, 6.07) is 7.83. The van der Waals surface area contributed by atoms with E-state index in [0.717, 1.165) is 21.7 Å². The number of amides is 2. The lowest BCUT2D eigenvalue weighted by molar-refractivity contribution is 0.0997. The Morgan fingerprint density at radius 1 is 0.857 bits per heavy atom. The van der Waals surface area contributed by atoms with E-state index in [1.807, 2.05) is 19.1 Å². The topological polar surface area (TPSA) is 72.2 Å². The maximum absolute atomic E-state index is 13.9. The summed E-state index contributed by atoms with van der Waals surface area (Å²) in [5.74, 6) is -0.716. The first kappa shape index (κ1) is 29.8. The number of aryl methyl sites for hydroxylation is 2. The lowest BCUT2D eigenvalue weighted by atomic mass is 10.1. The fourth-order valence-electron chi connectivity index (χ4n) is 4.90. The van der Waals surface area contributed by atoms with E-state index in [-0.39, 0.29) is 17.2 Å². The van der Waals surface area contributed by atoms with Crippen LogP contribution in [0.2, 0.25) is 5.02 Å². The summed E-state index contributed by atoms with van der Waals surface area (Å²) in [6.45, 7) is 21.5. The molecule has 192 valence electrons. The van der Waals surface area contributed by atoms with Gasteiger partial charge in [0.25, 0.3) is 11.8 Å². The summed E-state index contributed by atoms with van der Waals surface area (Å²) < 4.78 is 0. The van der Waals surface area contributed by atoms with E-state index in [2.05, 4.69) is 73.7 Å². The van der Waals surface area contributed by atoms with Crippen molar-refractivity contribution >= 4 is 55.6 Å². The molecule has 4 nitrogen and oxygen atoms in total. The van der Waals surface area contributed by atoms with Crippen LogP contribution in [0, 0.1) is 13.8 Å². The molecule has 2 rings (SSSR count). The number of carbonyl (C=O) groups excluding carboxylic acids is 2. The maximum atomic E-state index is 13.9. The molecule has 0 heterocycles. The summed E-state index contributed by atoms with van der Waals surface area (Å²) in [5, 5.41) is 5.50. The Morgan fingerprint density at radius 2 is 1.37 bits per heavy atom. The van der Waals surface area contributed by atoms with Gasteiger partial charge in [-0.2, -0.15) is 0 Å². The predicted molar refractivity (Wildman–Crippen MR) is 157 cm³/mol. The van der Waals surface area contributed by atoms with Crippen molar-refractivity contribution in [2.45, 2.75) is 91.9 Å². The van der Waals surface area contributed by atoms with E-state index in [9.17, 15) is 9.59 Å². The van der Waals surface area contributed by atoms with E-state index < -0.39 is 21.8 Å².